The Morgan fingerprint density at radius 1 is 1.71 bits per heavy atom. The van der Waals surface area contributed by atoms with Gasteiger partial charge in [0.15, 0.2) is 0 Å². The van der Waals surface area contributed by atoms with E-state index in [-0.39, 0.29) is 0 Å². The van der Waals surface area contributed by atoms with Crippen molar-refractivity contribution in [3.05, 3.63) is 0 Å². The first kappa shape index (κ1) is 7.20. The SMILES string of the molecule is CC(Cl)S(N)(=O)=O. The Labute approximate surface area is 47.5 Å². The van der Waals surface area contributed by atoms with Gasteiger partial charge in [0.1, 0.15) is 4.71 Å². The molecule has 3 nitrogen and oxygen atoms in total. The smallest absolute Gasteiger partial charge is 0.225 e. The van der Waals surface area contributed by atoms with Gasteiger partial charge in [-0.1, -0.05) is 0 Å². The number of sulfonamides is 1. The van der Waals surface area contributed by atoms with E-state index in [2.05, 4.69) is 5.14 Å². The molecule has 0 rings (SSSR count). The van der Waals surface area contributed by atoms with Crippen LogP contribution in [0.1, 0.15) is 6.92 Å². The fourth-order valence-corrected chi connectivity index (χ4v) is 0. The van der Waals surface area contributed by atoms with Crippen molar-refractivity contribution in [2.75, 3.05) is 0 Å². The molecule has 0 saturated carbocycles. The van der Waals surface area contributed by atoms with Crippen molar-refractivity contribution in [1.82, 2.24) is 0 Å². The van der Waals surface area contributed by atoms with E-state index >= 15 is 0 Å². The van der Waals surface area contributed by atoms with Gasteiger partial charge < -0.3 is 0 Å². The summed E-state index contributed by atoms with van der Waals surface area (Å²) in [6, 6.07) is 0. The number of hydrogen-bond donors (Lipinski definition) is 1. The van der Waals surface area contributed by atoms with E-state index in [4.69, 9.17) is 11.6 Å². The molecule has 0 aromatic rings. The predicted molar refractivity (Wildman–Crippen MR) is 28.4 cm³/mol. The zero-order valence-electron chi connectivity index (χ0n) is 3.76. The van der Waals surface area contributed by atoms with E-state index in [9.17, 15) is 8.42 Å². The van der Waals surface area contributed by atoms with Crippen LogP contribution in [0.4, 0.5) is 0 Å². The Kier molecular flexibility index (Phi) is 2.04. The molecule has 7 heavy (non-hydrogen) atoms. The van der Waals surface area contributed by atoms with Gasteiger partial charge in [-0.2, -0.15) is 0 Å². The van der Waals surface area contributed by atoms with Gasteiger partial charge in [-0.3, -0.25) is 0 Å². The Hall–Kier alpha value is 0.200. The number of primary sulfonamides is 1. The number of alkyl halides is 1. The van der Waals surface area contributed by atoms with Crippen LogP contribution in [0, 0.1) is 0 Å². The molecule has 0 aliphatic heterocycles. The summed E-state index contributed by atoms with van der Waals surface area (Å²) in [6.45, 7) is 1.30. The Morgan fingerprint density at radius 2 is 1.86 bits per heavy atom. The maximum Gasteiger partial charge on any atom is 0.225 e. The summed E-state index contributed by atoms with van der Waals surface area (Å²) in [5.41, 5.74) is 0. The van der Waals surface area contributed by atoms with Crippen LogP contribution in [0.15, 0.2) is 0 Å². The highest BCUT2D eigenvalue weighted by Gasteiger charge is 2.09. The van der Waals surface area contributed by atoms with Crippen LogP contribution in [0.5, 0.6) is 0 Å². The molecular weight excluding hydrogens is 138 g/mol. The van der Waals surface area contributed by atoms with Crippen molar-refractivity contribution >= 4 is 21.6 Å². The van der Waals surface area contributed by atoms with Crippen LogP contribution in [-0.4, -0.2) is 13.1 Å². The maximum absolute atomic E-state index is 9.98. The zero-order chi connectivity index (χ0) is 6.08. The van der Waals surface area contributed by atoms with Crippen LogP contribution in [0.3, 0.4) is 0 Å². The largest absolute Gasteiger partial charge is 0.227 e. The Balaban J connectivity index is 4.10. The fourth-order valence-electron chi connectivity index (χ4n) is 0. The highest BCUT2D eigenvalue weighted by atomic mass is 35.5. The van der Waals surface area contributed by atoms with Crippen molar-refractivity contribution < 1.29 is 8.42 Å². The van der Waals surface area contributed by atoms with E-state index in [1.165, 1.54) is 6.92 Å². The number of halogens is 1. The molecule has 0 spiro atoms. The second-order valence-corrected chi connectivity index (χ2v) is 3.93. The first-order chi connectivity index (χ1) is 2.94. The molecule has 0 aromatic carbocycles. The van der Waals surface area contributed by atoms with Crippen molar-refractivity contribution in [2.24, 2.45) is 5.14 Å². The fraction of sp³-hybridized carbons (Fsp3) is 1.00. The predicted octanol–water partition coefficient (Wildman–Crippen LogP) is -0.140. The van der Waals surface area contributed by atoms with Crippen molar-refractivity contribution in [2.45, 2.75) is 11.6 Å². The average Bonchev–Trinajstić information content (AvgIpc) is 1.31. The summed E-state index contributed by atoms with van der Waals surface area (Å²) in [7, 11) is -3.48. The summed E-state index contributed by atoms with van der Waals surface area (Å²) < 4.78 is 19.0. The molecule has 1 atom stereocenters. The minimum Gasteiger partial charge on any atom is -0.227 e. The third kappa shape index (κ3) is 2.85. The standard InChI is InChI=1S/C2H6ClNO2S/c1-2(3)7(4,5)6/h2H,1H3,(H2,4,5,6). The van der Waals surface area contributed by atoms with Crippen LogP contribution in [0.2, 0.25) is 0 Å². The summed E-state index contributed by atoms with van der Waals surface area (Å²) in [5, 5.41) is 4.52. The number of hydrogen-bond acceptors (Lipinski definition) is 2. The molecule has 1 unspecified atom stereocenters. The minimum absolute atomic E-state index is 0.979. The van der Waals surface area contributed by atoms with E-state index in [0.29, 0.717) is 0 Å². The highest BCUT2D eigenvalue weighted by Crippen LogP contribution is 1.97. The Bertz CT molecular complexity index is 138. The van der Waals surface area contributed by atoms with Gasteiger partial charge in [0.05, 0.1) is 0 Å². The van der Waals surface area contributed by atoms with Gasteiger partial charge in [0.2, 0.25) is 10.0 Å². The summed E-state index contributed by atoms with van der Waals surface area (Å²) in [5.74, 6) is 0. The third-order valence-corrected chi connectivity index (χ3v) is 2.10. The molecule has 5 heteroatoms. The summed E-state index contributed by atoms with van der Waals surface area (Å²) >= 11 is 5.04. The Morgan fingerprint density at radius 3 is 1.86 bits per heavy atom. The van der Waals surface area contributed by atoms with Crippen LogP contribution >= 0.6 is 11.6 Å². The van der Waals surface area contributed by atoms with Gasteiger partial charge in [-0.15, -0.1) is 11.6 Å². The zero-order valence-corrected chi connectivity index (χ0v) is 5.33. The average molecular weight is 144 g/mol. The lowest BCUT2D eigenvalue weighted by molar-refractivity contribution is 0.596. The molecule has 44 valence electrons. The van der Waals surface area contributed by atoms with Crippen molar-refractivity contribution in [3.63, 3.8) is 0 Å². The topological polar surface area (TPSA) is 60.2 Å². The lowest BCUT2D eigenvalue weighted by Crippen LogP contribution is -2.20. The van der Waals surface area contributed by atoms with E-state index in [1.807, 2.05) is 0 Å². The van der Waals surface area contributed by atoms with E-state index in [1.54, 1.807) is 0 Å². The van der Waals surface area contributed by atoms with Gasteiger partial charge in [0, 0.05) is 0 Å². The maximum atomic E-state index is 9.98. The monoisotopic (exact) mass is 143 g/mol. The molecule has 0 aromatic heterocycles. The van der Waals surface area contributed by atoms with Crippen LogP contribution < -0.4 is 5.14 Å². The van der Waals surface area contributed by atoms with Gasteiger partial charge in [-0.25, -0.2) is 13.6 Å². The van der Waals surface area contributed by atoms with Gasteiger partial charge in [0.25, 0.3) is 0 Å². The number of rotatable bonds is 1. The van der Waals surface area contributed by atoms with E-state index in [0.717, 1.165) is 0 Å². The molecule has 0 bridgehead atoms. The second kappa shape index (κ2) is 1.98. The molecule has 0 heterocycles. The summed E-state index contributed by atoms with van der Waals surface area (Å²) in [6.07, 6.45) is 0. The first-order valence-corrected chi connectivity index (χ1v) is 3.65. The molecule has 0 radical (unpaired) electrons. The molecular formula is C2H6ClNO2S. The first-order valence-electron chi connectivity index (χ1n) is 1.60. The van der Waals surface area contributed by atoms with Crippen molar-refractivity contribution in [3.8, 4) is 0 Å². The summed E-state index contributed by atoms with van der Waals surface area (Å²) in [4.78, 5) is 0. The molecule has 0 saturated heterocycles. The van der Waals surface area contributed by atoms with Gasteiger partial charge >= 0.3 is 0 Å². The molecule has 0 aliphatic carbocycles. The normalized spacial score (nSPS) is 16.4. The highest BCUT2D eigenvalue weighted by molar-refractivity contribution is 7.91. The quantitative estimate of drug-likeness (QED) is 0.520. The van der Waals surface area contributed by atoms with Gasteiger partial charge in [-0.05, 0) is 6.92 Å². The van der Waals surface area contributed by atoms with Crippen molar-refractivity contribution in [1.29, 1.82) is 0 Å². The molecule has 0 amide bonds. The lowest BCUT2D eigenvalue weighted by Gasteiger charge is -1.93. The lowest BCUT2D eigenvalue weighted by atomic mass is 11.0. The van der Waals surface area contributed by atoms with E-state index < -0.39 is 14.7 Å². The molecule has 2 N–H and O–H groups in total. The van der Waals surface area contributed by atoms with Crippen LogP contribution in [0.25, 0.3) is 0 Å². The molecule has 0 aliphatic rings. The minimum atomic E-state index is -3.48. The third-order valence-electron chi connectivity index (χ3n) is 0.453. The van der Waals surface area contributed by atoms with Crippen LogP contribution in [-0.2, 0) is 10.0 Å². The number of nitrogens with two attached hydrogens (primary N) is 1. The second-order valence-electron chi connectivity index (χ2n) is 1.13. The molecule has 0 fully saturated rings.